The quantitative estimate of drug-likeness (QED) is 0.635. The summed E-state index contributed by atoms with van der Waals surface area (Å²) in [6.45, 7) is 1.87. The van der Waals surface area contributed by atoms with E-state index in [4.69, 9.17) is 4.74 Å². The van der Waals surface area contributed by atoms with Crippen LogP contribution in [-0.4, -0.2) is 22.7 Å². The molecular formula is C15H15BrN2O2. The van der Waals surface area contributed by atoms with Gasteiger partial charge in [0.15, 0.2) is 5.78 Å². The molecule has 0 aliphatic heterocycles. The number of aromatic nitrogens is 2. The Labute approximate surface area is 126 Å². The molecule has 0 amide bonds. The SMILES string of the molecule is COc1ccc(Br)cc1/C=C/C(=O)c1cnn(C)c1C. The molecule has 0 aliphatic carbocycles. The lowest BCUT2D eigenvalue weighted by Gasteiger charge is -2.04. The van der Waals surface area contributed by atoms with Crippen molar-refractivity contribution in [3.63, 3.8) is 0 Å². The predicted molar refractivity (Wildman–Crippen MR) is 82.0 cm³/mol. The van der Waals surface area contributed by atoms with Gasteiger partial charge in [-0.25, -0.2) is 0 Å². The number of methoxy groups -OCH3 is 1. The second-order valence-corrected chi connectivity index (χ2v) is 5.27. The standard InChI is InChI=1S/C15H15BrN2O2/c1-10-13(9-17-18(10)2)14(19)6-4-11-8-12(16)5-7-15(11)20-3/h4-9H,1-3H3/b6-4+. The van der Waals surface area contributed by atoms with Crippen LogP contribution in [0.2, 0.25) is 0 Å². The van der Waals surface area contributed by atoms with Crippen LogP contribution in [0, 0.1) is 6.92 Å². The lowest BCUT2D eigenvalue weighted by molar-refractivity contribution is 0.104. The summed E-state index contributed by atoms with van der Waals surface area (Å²) >= 11 is 3.40. The first-order chi connectivity index (χ1) is 9.52. The highest BCUT2D eigenvalue weighted by atomic mass is 79.9. The van der Waals surface area contributed by atoms with Gasteiger partial charge in [0.1, 0.15) is 5.75 Å². The molecule has 1 aromatic heterocycles. The Morgan fingerprint density at radius 2 is 2.20 bits per heavy atom. The number of aryl methyl sites for hydroxylation is 1. The van der Waals surface area contributed by atoms with Gasteiger partial charge >= 0.3 is 0 Å². The molecule has 0 saturated heterocycles. The molecule has 2 aromatic rings. The number of allylic oxidation sites excluding steroid dienone is 1. The van der Waals surface area contributed by atoms with E-state index >= 15 is 0 Å². The summed E-state index contributed by atoms with van der Waals surface area (Å²) in [6.07, 6.45) is 4.87. The van der Waals surface area contributed by atoms with Crippen molar-refractivity contribution in [3.8, 4) is 5.75 Å². The second kappa shape index (κ2) is 6.05. The highest BCUT2D eigenvalue weighted by Gasteiger charge is 2.10. The molecule has 5 heteroatoms. The van der Waals surface area contributed by atoms with Crippen molar-refractivity contribution < 1.29 is 9.53 Å². The summed E-state index contributed by atoms with van der Waals surface area (Å²) in [5.74, 6) is 0.651. The molecule has 2 rings (SSSR count). The summed E-state index contributed by atoms with van der Waals surface area (Å²) < 4.78 is 7.88. The molecule has 1 heterocycles. The topological polar surface area (TPSA) is 44.1 Å². The zero-order valence-electron chi connectivity index (χ0n) is 11.6. The average molecular weight is 335 g/mol. The van der Waals surface area contributed by atoms with Gasteiger partial charge in [-0.1, -0.05) is 15.9 Å². The Morgan fingerprint density at radius 1 is 1.45 bits per heavy atom. The minimum Gasteiger partial charge on any atom is -0.496 e. The van der Waals surface area contributed by atoms with Crippen LogP contribution in [-0.2, 0) is 7.05 Å². The highest BCUT2D eigenvalue weighted by Crippen LogP contribution is 2.24. The van der Waals surface area contributed by atoms with Gasteiger partial charge < -0.3 is 4.74 Å². The fourth-order valence-electron chi connectivity index (χ4n) is 1.83. The van der Waals surface area contributed by atoms with E-state index in [0.717, 1.165) is 21.5 Å². The van der Waals surface area contributed by atoms with Crippen LogP contribution in [0.3, 0.4) is 0 Å². The first-order valence-corrected chi connectivity index (χ1v) is 6.86. The monoisotopic (exact) mass is 334 g/mol. The maximum atomic E-state index is 12.1. The van der Waals surface area contributed by atoms with Gasteiger partial charge in [0.2, 0.25) is 0 Å². The van der Waals surface area contributed by atoms with Crippen molar-refractivity contribution in [2.75, 3.05) is 7.11 Å². The summed E-state index contributed by atoms with van der Waals surface area (Å²) in [5.41, 5.74) is 2.30. The van der Waals surface area contributed by atoms with E-state index in [2.05, 4.69) is 21.0 Å². The number of hydrogen-bond donors (Lipinski definition) is 0. The normalized spacial score (nSPS) is 11.0. The number of ether oxygens (including phenoxy) is 1. The summed E-state index contributed by atoms with van der Waals surface area (Å²) in [6, 6.07) is 5.64. The van der Waals surface area contributed by atoms with E-state index < -0.39 is 0 Å². The van der Waals surface area contributed by atoms with Crippen LogP contribution >= 0.6 is 15.9 Å². The van der Waals surface area contributed by atoms with Crippen LogP contribution in [0.1, 0.15) is 21.6 Å². The molecule has 0 aliphatic rings. The van der Waals surface area contributed by atoms with Gasteiger partial charge in [-0.3, -0.25) is 9.48 Å². The molecule has 0 radical (unpaired) electrons. The fraction of sp³-hybridized carbons (Fsp3) is 0.200. The summed E-state index contributed by atoms with van der Waals surface area (Å²) in [4.78, 5) is 12.1. The minimum absolute atomic E-state index is 0.0716. The van der Waals surface area contributed by atoms with Crippen molar-refractivity contribution in [1.29, 1.82) is 0 Å². The van der Waals surface area contributed by atoms with Crippen LogP contribution in [0.15, 0.2) is 34.9 Å². The number of carbonyl (C=O) groups is 1. The molecule has 1 aromatic carbocycles. The first-order valence-electron chi connectivity index (χ1n) is 6.07. The number of halogens is 1. The highest BCUT2D eigenvalue weighted by molar-refractivity contribution is 9.10. The first kappa shape index (κ1) is 14.5. The van der Waals surface area contributed by atoms with Crippen LogP contribution in [0.5, 0.6) is 5.75 Å². The lowest BCUT2D eigenvalue weighted by atomic mass is 10.1. The van der Waals surface area contributed by atoms with Crippen LogP contribution in [0.4, 0.5) is 0 Å². The largest absolute Gasteiger partial charge is 0.496 e. The Hall–Kier alpha value is -1.88. The predicted octanol–water partition coefficient (Wildman–Crippen LogP) is 3.40. The number of nitrogens with zero attached hydrogens (tertiary/aromatic N) is 2. The Morgan fingerprint density at radius 3 is 2.80 bits per heavy atom. The molecule has 20 heavy (non-hydrogen) atoms. The van der Waals surface area contributed by atoms with E-state index in [9.17, 15) is 4.79 Å². The zero-order valence-corrected chi connectivity index (χ0v) is 13.1. The molecule has 0 fully saturated rings. The maximum Gasteiger partial charge on any atom is 0.189 e. The maximum absolute atomic E-state index is 12.1. The van der Waals surface area contributed by atoms with Crippen molar-refractivity contribution in [2.45, 2.75) is 6.92 Å². The number of ketones is 1. The molecule has 104 valence electrons. The van der Waals surface area contributed by atoms with E-state index in [-0.39, 0.29) is 5.78 Å². The van der Waals surface area contributed by atoms with Gasteiger partial charge in [-0.05, 0) is 37.3 Å². The van der Waals surface area contributed by atoms with E-state index in [1.165, 1.54) is 6.08 Å². The second-order valence-electron chi connectivity index (χ2n) is 4.35. The number of rotatable bonds is 4. The van der Waals surface area contributed by atoms with Crippen molar-refractivity contribution >= 4 is 27.8 Å². The molecule has 0 saturated carbocycles. The van der Waals surface area contributed by atoms with Crippen LogP contribution in [0.25, 0.3) is 6.08 Å². The third-order valence-corrected chi connectivity index (χ3v) is 3.60. The van der Waals surface area contributed by atoms with Gasteiger partial charge in [-0.2, -0.15) is 5.10 Å². The third-order valence-electron chi connectivity index (χ3n) is 3.11. The van der Waals surface area contributed by atoms with Crippen molar-refractivity contribution in [3.05, 3.63) is 51.8 Å². The molecule has 4 nitrogen and oxygen atoms in total. The molecule has 0 bridgehead atoms. The van der Waals surface area contributed by atoms with E-state index in [1.807, 2.05) is 32.2 Å². The average Bonchev–Trinajstić information content (AvgIpc) is 2.76. The molecule has 0 atom stereocenters. The molecular weight excluding hydrogens is 320 g/mol. The van der Waals surface area contributed by atoms with Gasteiger partial charge in [-0.15, -0.1) is 0 Å². The van der Waals surface area contributed by atoms with Gasteiger partial charge in [0.25, 0.3) is 0 Å². The molecule has 0 unspecified atom stereocenters. The van der Waals surface area contributed by atoms with Crippen LogP contribution < -0.4 is 4.74 Å². The Balaban J connectivity index is 2.27. The smallest absolute Gasteiger partial charge is 0.189 e. The molecule has 0 spiro atoms. The summed E-state index contributed by atoms with van der Waals surface area (Å²) in [7, 11) is 3.42. The Kier molecular flexibility index (Phi) is 4.39. The number of benzene rings is 1. The number of carbonyl (C=O) groups excluding carboxylic acids is 1. The van der Waals surface area contributed by atoms with Gasteiger partial charge in [0.05, 0.1) is 18.9 Å². The summed E-state index contributed by atoms with van der Waals surface area (Å²) in [5, 5.41) is 4.07. The lowest BCUT2D eigenvalue weighted by Crippen LogP contribution is -1.98. The van der Waals surface area contributed by atoms with Crippen molar-refractivity contribution in [2.24, 2.45) is 7.05 Å². The van der Waals surface area contributed by atoms with E-state index in [1.54, 1.807) is 24.1 Å². The third kappa shape index (κ3) is 2.99. The fourth-order valence-corrected chi connectivity index (χ4v) is 2.21. The minimum atomic E-state index is -0.0716. The molecule has 0 N–H and O–H groups in total. The van der Waals surface area contributed by atoms with Crippen molar-refractivity contribution in [1.82, 2.24) is 9.78 Å². The van der Waals surface area contributed by atoms with Gasteiger partial charge in [0, 0.05) is 22.8 Å². The number of hydrogen-bond acceptors (Lipinski definition) is 3. The van der Waals surface area contributed by atoms with E-state index in [0.29, 0.717) is 5.56 Å². The zero-order chi connectivity index (χ0) is 14.7. The Bertz CT molecular complexity index is 675.